The van der Waals surface area contributed by atoms with Gasteiger partial charge in [0.1, 0.15) is 5.78 Å². The zero-order valence-corrected chi connectivity index (χ0v) is 29.0. The summed E-state index contributed by atoms with van der Waals surface area (Å²) in [6.45, 7) is 18.3. The van der Waals surface area contributed by atoms with Crippen molar-refractivity contribution in [2.75, 3.05) is 0 Å². The Labute approximate surface area is 266 Å². The van der Waals surface area contributed by atoms with Gasteiger partial charge in [-0.3, -0.25) is 4.79 Å². The second kappa shape index (κ2) is 12.6. The molecule has 0 spiro atoms. The molecule has 0 bridgehead atoms. The van der Waals surface area contributed by atoms with Gasteiger partial charge in [-0.25, -0.2) is 0 Å². The van der Waals surface area contributed by atoms with Gasteiger partial charge in [0, 0.05) is 12.8 Å². The Hall–Kier alpha value is -3.36. The smallest absolute Gasteiger partial charge is 0.261 e. The van der Waals surface area contributed by atoms with Crippen molar-refractivity contribution in [1.82, 2.24) is 0 Å². The molecule has 4 aromatic carbocycles. The maximum Gasteiger partial charge on any atom is 0.261 e. The molecule has 0 radical (unpaired) electrons. The lowest BCUT2D eigenvalue weighted by Crippen LogP contribution is -2.69. The first-order valence-corrected chi connectivity index (χ1v) is 19.5. The molecule has 0 N–H and O–H groups in total. The van der Waals surface area contributed by atoms with Crippen LogP contribution in [-0.2, 0) is 13.6 Å². The summed E-state index contributed by atoms with van der Waals surface area (Å²) in [5.74, 6) is 0.156. The SMILES string of the molecule is C=C1C(O[Si](c2ccccc2)(c2ccccc2)C(C)(C)C)CC(=O)CC1O[Si](c1ccccc1)(c1ccccc1)C(C)(C)C. The van der Waals surface area contributed by atoms with Crippen LogP contribution in [0.2, 0.25) is 10.1 Å². The van der Waals surface area contributed by atoms with Crippen molar-refractivity contribution in [2.24, 2.45) is 0 Å². The summed E-state index contributed by atoms with van der Waals surface area (Å²) in [7, 11) is -5.84. The van der Waals surface area contributed by atoms with Crippen LogP contribution in [0.15, 0.2) is 133 Å². The van der Waals surface area contributed by atoms with Gasteiger partial charge in [-0.2, -0.15) is 0 Å². The molecule has 0 heterocycles. The fraction of sp³-hybridized carbons (Fsp3) is 0.308. The predicted octanol–water partition coefficient (Wildman–Crippen LogP) is 6.80. The van der Waals surface area contributed by atoms with Crippen LogP contribution in [0.5, 0.6) is 0 Å². The van der Waals surface area contributed by atoms with E-state index in [2.05, 4.69) is 145 Å². The summed E-state index contributed by atoms with van der Waals surface area (Å²) >= 11 is 0. The molecule has 2 unspecified atom stereocenters. The molecule has 1 aliphatic carbocycles. The minimum Gasteiger partial charge on any atom is -0.400 e. The number of hydrogen-bond donors (Lipinski definition) is 0. The molecule has 5 rings (SSSR count). The molecule has 1 fully saturated rings. The highest BCUT2D eigenvalue weighted by Crippen LogP contribution is 2.43. The third-order valence-corrected chi connectivity index (χ3v) is 19.2. The largest absolute Gasteiger partial charge is 0.400 e. The van der Waals surface area contributed by atoms with Gasteiger partial charge in [-0.05, 0) is 36.4 Å². The molecule has 1 saturated carbocycles. The van der Waals surface area contributed by atoms with E-state index >= 15 is 0 Å². The quantitative estimate of drug-likeness (QED) is 0.161. The van der Waals surface area contributed by atoms with Crippen LogP contribution in [0.1, 0.15) is 54.4 Å². The van der Waals surface area contributed by atoms with Gasteiger partial charge < -0.3 is 8.85 Å². The van der Waals surface area contributed by atoms with Crippen molar-refractivity contribution in [3.05, 3.63) is 133 Å². The van der Waals surface area contributed by atoms with Crippen molar-refractivity contribution in [2.45, 2.75) is 76.7 Å². The Balaban J connectivity index is 1.62. The normalized spacial score (nSPS) is 18.3. The van der Waals surface area contributed by atoms with E-state index in [-0.39, 0.29) is 15.9 Å². The zero-order valence-electron chi connectivity index (χ0n) is 27.0. The van der Waals surface area contributed by atoms with Crippen LogP contribution in [0, 0.1) is 0 Å². The lowest BCUT2D eigenvalue weighted by Gasteiger charge is -2.49. The molecule has 0 aliphatic heterocycles. The van der Waals surface area contributed by atoms with Crippen molar-refractivity contribution in [3.63, 3.8) is 0 Å². The summed E-state index contributed by atoms with van der Waals surface area (Å²) in [4.78, 5) is 13.7. The van der Waals surface area contributed by atoms with E-state index in [1.165, 1.54) is 20.7 Å². The fourth-order valence-corrected chi connectivity index (χ4v) is 16.4. The third-order valence-electron chi connectivity index (χ3n) is 9.12. The summed E-state index contributed by atoms with van der Waals surface area (Å²) < 4.78 is 15.0. The van der Waals surface area contributed by atoms with Crippen LogP contribution in [0.25, 0.3) is 0 Å². The summed E-state index contributed by atoms with van der Waals surface area (Å²) in [6, 6.07) is 42.4. The van der Waals surface area contributed by atoms with Crippen molar-refractivity contribution in [3.8, 4) is 0 Å². The van der Waals surface area contributed by atoms with E-state index in [4.69, 9.17) is 8.85 Å². The number of carbonyl (C=O) groups excluding carboxylic acids is 1. The Bertz CT molecular complexity index is 1360. The van der Waals surface area contributed by atoms with Gasteiger partial charge in [0.2, 0.25) is 0 Å². The monoisotopic (exact) mass is 618 g/mol. The Kier molecular flexibility index (Phi) is 9.15. The molecule has 3 nitrogen and oxygen atoms in total. The molecule has 0 saturated heterocycles. The van der Waals surface area contributed by atoms with Crippen molar-refractivity contribution >= 4 is 43.2 Å². The first-order valence-electron chi connectivity index (χ1n) is 15.7. The Morgan fingerprint density at radius 1 is 0.523 bits per heavy atom. The van der Waals surface area contributed by atoms with Gasteiger partial charge in [0.05, 0.1) is 12.2 Å². The number of ketones is 1. The first-order chi connectivity index (χ1) is 20.9. The van der Waals surface area contributed by atoms with Gasteiger partial charge in [-0.1, -0.05) is 169 Å². The molecule has 44 heavy (non-hydrogen) atoms. The van der Waals surface area contributed by atoms with E-state index in [1.54, 1.807) is 0 Å². The summed E-state index contributed by atoms with van der Waals surface area (Å²) in [6.07, 6.45) is -0.287. The van der Waals surface area contributed by atoms with Crippen LogP contribution in [-0.4, -0.2) is 34.6 Å². The molecule has 0 aromatic heterocycles. The molecule has 2 atom stereocenters. The van der Waals surface area contributed by atoms with E-state index in [1.807, 2.05) is 24.3 Å². The van der Waals surface area contributed by atoms with Crippen molar-refractivity contribution in [1.29, 1.82) is 0 Å². The van der Waals surface area contributed by atoms with Crippen LogP contribution in [0.3, 0.4) is 0 Å². The molecular weight excluding hydrogens is 573 g/mol. The van der Waals surface area contributed by atoms with E-state index in [9.17, 15) is 4.79 Å². The second-order valence-electron chi connectivity index (χ2n) is 14.1. The Morgan fingerprint density at radius 2 is 0.773 bits per heavy atom. The number of benzene rings is 4. The van der Waals surface area contributed by atoms with Crippen LogP contribution < -0.4 is 20.7 Å². The van der Waals surface area contributed by atoms with E-state index in [0.29, 0.717) is 12.8 Å². The van der Waals surface area contributed by atoms with E-state index < -0.39 is 28.8 Å². The maximum absolute atomic E-state index is 13.7. The van der Waals surface area contributed by atoms with Crippen LogP contribution >= 0.6 is 0 Å². The van der Waals surface area contributed by atoms with Gasteiger partial charge in [0.25, 0.3) is 16.6 Å². The first kappa shape index (κ1) is 32.0. The fourth-order valence-electron chi connectivity index (χ4n) is 7.01. The predicted molar refractivity (Wildman–Crippen MR) is 188 cm³/mol. The Morgan fingerprint density at radius 3 is 1.00 bits per heavy atom. The third kappa shape index (κ3) is 5.86. The molecular formula is C39H46O3Si2. The number of Topliss-reactive ketones (excluding diaryl/α,β-unsaturated/α-hetero) is 1. The summed E-state index contributed by atoms with van der Waals surface area (Å²) in [5, 5.41) is 4.32. The van der Waals surface area contributed by atoms with Gasteiger partial charge in [-0.15, -0.1) is 0 Å². The van der Waals surface area contributed by atoms with Crippen molar-refractivity contribution < 1.29 is 13.6 Å². The molecule has 228 valence electrons. The van der Waals surface area contributed by atoms with Gasteiger partial charge >= 0.3 is 0 Å². The van der Waals surface area contributed by atoms with Crippen LogP contribution in [0.4, 0.5) is 0 Å². The molecule has 0 amide bonds. The number of hydrogen-bond acceptors (Lipinski definition) is 3. The highest BCUT2D eigenvalue weighted by Gasteiger charge is 2.55. The van der Waals surface area contributed by atoms with E-state index in [0.717, 1.165) is 5.57 Å². The lowest BCUT2D eigenvalue weighted by molar-refractivity contribution is -0.123. The maximum atomic E-state index is 13.7. The molecule has 1 aliphatic rings. The summed E-state index contributed by atoms with van der Waals surface area (Å²) in [5.41, 5.74) is 0.866. The molecule has 5 heteroatoms. The highest BCUT2D eigenvalue weighted by molar-refractivity contribution is 7.00. The topological polar surface area (TPSA) is 35.5 Å². The standard InChI is InChI=1S/C39H46O3Si2/c1-30-36(41-43(38(2,3)4,32-20-12-8-13-21-32)33-22-14-9-15-23-33)28-31(40)29-37(30)42-44(39(5,6)7,34-24-16-10-17-25-34)35-26-18-11-19-27-35/h8-27,36-37H,1,28-29H2,2-7H3. The number of carbonyl (C=O) groups is 1. The molecule has 4 aromatic rings. The highest BCUT2D eigenvalue weighted by atomic mass is 28.4. The average molecular weight is 619 g/mol. The number of rotatable bonds is 8. The zero-order chi connectivity index (χ0) is 31.6. The van der Waals surface area contributed by atoms with Gasteiger partial charge in [0.15, 0.2) is 0 Å². The minimum absolute atomic E-state index is 0.156. The lowest BCUT2D eigenvalue weighted by atomic mass is 9.90. The second-order valence-corrected chi connectivity index (χ2v) is 22.6. The minimum atomic E-state index is -2.92. The average Bonchev–Trinajstić information content (AvgIpc) is 3.01.